The number of carbonyl (C=O) groups is 1. The number of amides is 1. The van der Waals surface area contributed by atoms with Crippen LogP contribution in [0.25, 0.3) is 22.5 Å². The van der Waals surface area contributed by atoms with Crippen molar-refractivity contribution in [2.45, 2.75) is 38.0 Å². The molecule has 0 bridgehead atoms. The Kier molecular flexibility index (Phi) is 35.9. The SMILES string of the molecule is COCCOCCOCCOc1ccncc1.Fc1c[c-]c(-c2ccc(C(F)(F)F)cn2)c(F)c1.Fc1c[c-]c(-c2ccc(C(F)(F)F)cn2)c(F)c1.O=C(NCCOCCOCCCCCCCl)OCCOc1ccncc1.[Ir]. The first-order valence-corrected chi connectivity index (χ1v) is 24.7. The molecule has 6 aromatic rings. The van der Waals surface area contributed by atoms with Crippen LogP contribution in [0.4, 0.5) is 48.7 Å². The largest absolute Gasteiger partial charge is 0.491 e. The Bertz CT molecular complexity index is 2450. The standard InChI is InChI=1S/C18H29ClN2O5.2C12H5F5N.C12H19NO4.Ir/c19-7-3-1-2-4-11-23-13-14-24-12-10-21-18(22)26-16-15-25-17-5-8-20-9-6-17;2*13-8-2-3-9(10(14)5-8)11-4-1-7(6-18-11)12(15,16)17;1-14-6-7-15-8-9-16-10-11-17-12-2-4-13-5-3-12;/h5-6,8-9H,1-4,7,10-16H2,(H,21,22);2*1-2,4-6H;2-5H,6-11H2,1H3;/q;2*-1;;. The van der Waals surface area contributed by atoms with E-state index in [1.807, 2.05) is 12.1 Å². The first-order chi connectivity index (χ1) is 38.0. The Morgan fingerprint density at radius 3 is 1.40 bits per heavy atom. The van der Waals surface area contributed by atoms with Gasteiger partial charge in [0.25, 0.3) is 0 Å². The number of nitrogens with zero attached hydrogens (tertiary/aromatic N) is 4. The number of hydrogen-bond acceptors (Lipinski definition) is 13. The predicted octanol–water partition coefficient (Wildman–Crippen LogP) is 11.8. The fraction of sp³-hybridized carbons (Fsp3) is 0.389. The van der Waals surface area contributed by atoms with E-state index in [1.165, 1.54) is 0 Å². The number of benzene rings is 2. The molecule has 0 aliphatic rings. The summed E-state index contributed by atoms with van der Waals surface area (Å²) in [5.41, 5.74) is -2.31. The molecule has 0 aliphatic carbocycles. The zero-order valence-electron chi connectivity index (χ0n) is 43.1. The van der Waals surface area contributed by atoms with Gasteiger partial charge < -0.3 is 53.2 Å². The molecule has 0 saturated heterocycles. The van der Waals surface area contributed by atoms with E-state index < -0.39 is 52.8 Å². The fourth-order valence-corrected chi connectivity index (χ4v) is 5.99. The molecule has 441 valence electrons. The summed E-state index contributed by atoms with van der Waals surface area (Å²) in [6.07, 6.45) is 2.76. The average molecular weight is 1340 g/mol. The molecule has 4 aromatic heterocycles. The van der Waals surface area contributed by atoms with E-state index in [1.54, 1.807) is 44.0 Å². The van der Waals surface area contributed by atoms with Crippen LogP contribution in [-0.2, 0) is 60.9 Å². The monoisotopic (exact) mass is 1340 g/mol. The number of pyridine rings is 4. The number of nitrogens with one attached hydrogen (secondary N) is 1. The van der Waals surface area contributed by atoms with Gasteiger partial charge in [-0.15, -0.1) is 35.9 Å². The van der Waals surface area contributed by atoms with Crippen molar-refractivity contribution in [2.75, 3.05) is 98.8 Å². The van der Waals surface area contributed by atoms with E-state index in [0.717, 1.165) is 80.3 Å². The Hall–Kier alpha value is -6.05. The second-order valence-electron chi connectivity index (χ2n) is 15.6. The zero-order valence-corrected chi connectivity index (χ0v) is 46.2. The normalized spacial score (nSPS) is 10.8. The number of alkyl carbamates (subject to hydrolysis) is 1. The molecule has 4 heterocycles. The summed E-state index contributed by atoms with van der Waals surface area (Å²) in [6.45, 7) is 6.55. The molecule has 1 N–H and O–H groups in total. The third-order valence-corrected chi connectivity index (χ3v) is 9.92. The minimum absolute atomic E-state index is 0. The van der Waals surface area contributed by atoms with Crippen LogP contribution in [0.3, 0.4) is 0 Å². The summed E-state index contributed by atoms with van der Waals surface area (Å²) >= 11 is 5.61. The molecule has 14 nitrogen and oxygen atoms in total. The number of hydrogen-bond donors (Lipinski definition) is 1. The predicted molar refractivity (Wildman–Crippen MR) is 270 cm³/mol. The van der Waals surface area contributed by atoms with Crippen molar-refractivity contribution in [3.05, 3.63) is 157 Å². The minimum Gasteiger partial charge on any atom is -0.491 e. The van der Waals surface area contributed by atoms with E-state index in [4.69, 9.17) is 49.5 Å². The molecule has 26 heteroatoms. The van der Waals surface area contributed by atoms with Crippen molar-refractivity contribution < 1.29 is 107 Å². The molecule has 0 fully saturated rings. The molecule has 80 heavy (non-hydrogen) atoms. The van der Waals surface area contributed by atoms with Gasteiger partial charge in [-0.2, -0.15) is 26.3 Å². The Morgan fingerprint density at radius 2 is 0.975 bits per heavy atom. The van der Waals surface area contributed by atoms with Crippen molar-refractivity contribution in [2.24, 2.45) is 0 Å². The van der Waals surface area contributed by atoms with Crippen LogP contribution in [-0.4, -0.2) is 125 Å². The van der Waals surface area contributed by atoms with Gasteiger partial charge in [-0.3, -0.25) is 27.5 Å². The number of ether oxygens (including phenoxy) is 8. The maximum Gasteiger partial charge on any atom is 0.417 e. The maximum atomic E-state index is 13.3. The molecular formula is C54H58ClF10IrN5O9-2. The first-order valence-electron chi connectivity index (χ1n) is 24.1. The number of alkyl halides is 7. The molecular weight excluding hydrogens is 1280 g/mol. The summed E-state index contributed by atoms with van der Waals surface area (Å²) in [7, 11) is 1.65. The average Bonchev–Trinajstić information content (AvgIpc) is 3.44. The van der Waals surface area contributed by atoms with E-state index in [-0.39, 0.29) is 55.8 Å². The van der Waals surface area contributed by atoms with Crippen molar-refractivity contribution in [3.8, 4) is 34.0 Å². The van der Waals surface area contributed by atoms with Gasteiger partial charge in [0, 0.05) is 107 Å². The Morgan fingerprint density at radius 1 is 0.550 bits per heavy atom. The van der Waals surface area contributed by atoms with Crippen LogP contribution in [0.15, 0.2) is 110 Å². The van der Waals surface area contributed by atoms with Gasteiger partial charge in [0.05, 0.1) is 64.0 Å². The molecule has 0 unspecified atom stereocenters. The van der Waals surface area contributed by atoms with E-state index in [9.17, 15) is 48.7 Å². The first kappa shape index (κ1) is 70.1. The molecule has 6 rings (SSSR count). The fourth-order valence-electron chi connectivity index (χ4n) is 5.80. The molecule has 0 atom stereocenters. The Balaban J connectivity index is 0.000000368. The molecule has 1 radical (unpaired) electrons. The second-order valence-corrected chi connectivity index (χ2v) is 16.0. The summed E-state index contributed by atoms with van der Waals surface area (Å²) in [5.74, 6) is -1.26. The topological polar surface area (TPSA) is 154 Å². The molecule has 0 aliphatic heterocycles. The number of carbonyl (C=O) groups excluding carboxylic acids is 1. The number of unbranched alkanes of at least 4 members (excludes halogenated alkanes) is 3. The van der Waals surface area contributed by atoms with Crippen molar-refractivity contribution in [3.63, 3.8) is 0 Å². The van der Waals surface area contributed by atoms with Gasteiger partial charge in [0.15, 0.2) is 0 Å². The minimum atomic E-state index is -4.50. The second kappa shape index (κ2) is 41.0. The summed E-state index contributed by atoms with van der Waals surface area (Å²) < 4.78 is 168. The molecule has 2 aromatic carbocycles. The molecule has 0 saturated carbocycles. The van der Waals surface area contributed by atoms with Crippen LogP contribution in [0.1, 0.15) is 36.8 Å². The maximum absolute atomic E-state index is 13.3. The number of aromatic nitrogens is 4. The van der Waals surface area contributed by atoms with Crippen LogP contribution in [0, 0.1) is 35.4 Å². The number of methoxy groups -OCH3 is 1. The van der Waals surface area contributed by atoms with Crippen molar-refractivity contribution in [1.82, 2.24) is 25.3 Å². The smallest absolute Gasteiger partial charge is 0.417 e. The van der Waals surface area contributed by atoms with Crippen LogP contribution in [0.5, 0.6) is 11.5 Å². The van der Waals surface area contributed by atoms with Crippen molar-refractivity contribution in [1.29, 1.82) is 0 Å². The van der Waals surface area contributed by atoms with Crippen LogP contribution >= 0.6 is 11.6 Å². The Labute approximate surface area is 475 Å². The molecule has 1 amide bonds. The van der Waals surface area contributed by atoms with Gasteiger partial charge in [-0.25, -0.2) is 4.79 Å². The number of rotatable bonds is 28. The van der Waals surface area contributed by atoms with E-state index in [2.05, 4.69) is 37.4 Å². The zero-order chi connectivity index (χ0) is 57.6. The quantitative estimate of drug-likeness (QED) is 0.0215. The van der Waals surface area contributed by atoms with Crippen LogP contribution in [0.2, 0.25) is 0 Å². The van der Waals surface area contributed by atoms with Crippen molar-refractivity contribution >= 4 is 17.7 Å². The summed E-state index contributed by atoms with van der Waals surface area (Å²) in [6, 6.07) is 18.3. The van der Waals surface area contributed by atoms with Gasteiger partial charge in [0.1, 0.15) is 31.3 Å². The number of halogens is 11. The molecule has 0 spiro atoms. The van der Waals surface area contributed by atoms with Gasteiger partial charge in [-0.1, -0.05) is 60.4 Å². The van der Waals surface area contributed by atoms with E-state index >= 15 is 0 Å². The van der Waals surface area contributed by atoms with E-state index in [0.29, 0.717) is 96.3 Å². The third-order valence-electron chi connectivity index (χ3n) is 9.65. The van der Waals surface area contributed by atoms with Crippen LogP contribution < -0.4 is 14.8 Å². The van der Waals surface area contributed by atoms with Gasteiger partial charge in [-0.05, 0) is 48.5 Å². The summed E-state index contributed by atoms with van der Waals surface area (Å²) in [4.78, 5) is 26.2. The van der Waals surface area contributed by atoms with Gasteiger partial charge >= 0.3 is 18.4 Å². The summed E-state index contributed by atoms with van der Waals surface area (Å²) in [5, 5.41) is 2.61. The third kappa shape index (κ3) is 31.1. The van der Waals surface area contributed by atoms with Gasteiger partial charge in [0.2, 0.25) is 0 Å².